The predicted molar refractivity (Wildman–Crippen MR) is 81.9 cm³/mol. The highest BCUT2D eigenvalue weighted by atomic mass is 35.5. The molecule has 0 spiro atoms. The maximum Gasteiger partial charge on any atom is 0.348 e. The number of rotatable bonds is 4. The van der Waals surface area contributed by atoms with Crippen molar-refractivity contribution in [3.63, 3.8) is 0 Å². The quantitative estimate of drug-likeness (QED) is 0.689. The van der Waals surface area contributed by atoms with Crippen LogP contribution < -0.4 is 5.32 Å². The fourth-order valence-electron chi connectivity index (χ4n) is 1.79. The van der Waals surface area contributed by atoms with E-state index in [4.69, 9.17) is 16.3 Å². The van der Waals surface area contributed by atoms with E-state index < -0.39 is 0 Å². The minimum absolute atomic E-state index is 0.161. The summed E-state index contributed by atoms with van der Waals surface area (Å²) < 4.78 is 5.23. The number of hydrogen-bond donors (Lipinski definition) is 1. The average Bonchev–Trinajstić information content (AvgIpc) is 2.66. The fourth-order valence-corrected chi connectivity index (χ4v) is 3.22. The summed E-state index contributed by atoms with van der Waals surface area (Å²) in [7, 11) is 0. The summed E-state index contributed by atoms with van der Waals surface area (Å²) in [5.74, 6) is 0.122. The molecule has 0 amide bonds. The molecule has 0 saturated heterocycles. The summed E-state index contributed by atoms with van der Waals surface area (Å²) in [5.41, 5.74) is 0.767. The lowest BCUT2D eigenvalue weighted by Crippen LogP contribution is -2.11. The van der Waals surface area contributed by atoms with Gasteiger partial charge in [0, 0.05) is 6.54 Å². The molecule has 2 heterocycles. The van der Waals surface area contributed by atoms with Crippen molar-refractivity contribution in [1.82, 2.24) is 9.97 Å². The molecule has 0 bridgehead atoms. The van der Waals surface area contributed by atoms with Gasteiger partial charge in [0.2, 0.25) is 5.95 Å². The molecule has 20 heavy (non-hydrogen) atoms. The Balaban J connectivity index is 2.51. The van der Waals surface area contributed by atoms with Crippen LogP contribution in [0.1, 0.15) is 36.0 Å². The highest BCUT2D eigenvalue weighted by molar-refractivity contribution is 7.20. The van der Waals surface area contributed by atoms with Gasteiger partial charge in [-0.15, -0.1) is 11.3 Å². The van der Waals surface area contributed by atoms with Gasteiger partial charge in [0.05, 0.1) is 11.5 Å². The predicted octanol–water partition coefficient (Wildman–Crippen LogP) is 3.65. The Morgan fingerprint density at radius 2 is 2.15 bits per heavy atom. The molecule has 0 aliphatic rings. The van der Waals surface area contributed by atoms with E-state index in [0.29, 0.717) is 32.7 Å². The van der Waals surface area contributed by atoms with Crippen LogP contribution in [0.2, 0.25) is 5.15 Å². The first kappa shape index (κ1) is 15.0. The lowest BCUT2D eigenvalue weighted by molar-refractivity contribution is 0.0383. The van der Waals surface area contributed by atoms with Gasteiger partial charge in [-0.3, -0.25) is 0 Å². The van der Waals surface area contributed by atoms with Crippen LogP contribution in [0.5, 0.6) is 0 Å². The Kier molecular flexibility index (Phi) is 4.45. The molecule has 0 fully saturated rings. The van der Waals surface area contributed by atoms with E-state index in [1.54, 1.807) is 0 Å². The van der Waals surface area contributed by atoms with E-state index in [0.717, 1.165) is 5.56 Å². The third kappa shape index (κ3) is 2.86. The monoisotopic (exact) mass is 313 g/mol. The molecule has 0 aliphatic heterocycles. The van der Waals surface area contributed by atoms with E-state index in [-0.39, 0.29) is 12.1 Å². The van der Waals surface area contributed by atoms with Crippen LogP contribution in [-0.2, 0) is 4.74 Å². The summed E-state index contributed by atoms with van der Waals surface area (Å²) >= 11 is 7.47. The Morgan fingerprint density at radius 1 is 1.45 bits per heavy atom. The van der Waals surface area contributed by atoms with Crippen molar-refractivity contribution in [2.75, 3.05) is 11.9 Å². The average molecular weight is 314 g/mol. The third-order valence-corrected chi connectivity index (χ3v) is 4.05. The number of fused-ring (bicyclic) bond motifs is 1. The van der Waals surface area contributed by atoms with Gasteiger partial charge < -0.3 is 10.1 Å². The first-order chi connectivity index (χ1) is 9.43. The summed E-state index contributed by atoms with van der Waals surface area (Å²) in [4.78, 5) is 21.8. The van der Waals surface area contributed by atoms with Gasteiger partial charge in [-0.25, -0.2) is 14.8 Å². The largest absolute Gasteiger partial charge is 0.459 e. The number of aryl methyl sites for hydroxylation is 1. The van der Waals surface area contributed by atoms with Gasteiger partial charge in [0.15, 0.2) is 0 Å². The van der Waals surface area contributed by atoms with E-state index in [9.17, 15) is 4.79 Å². The molecule has 2 aromatic rings. The molecule has 0 atom stereocenters. The van der Waals surface area contributed by atoms with E-state index >= 15 is 0 Å². The Labute approximate surface area is 126 Å². The minimum atomic E-state index is -0.346. The van der Waals surface area contributed by atoms with E-state index in [1.165, 1.54) is 11.3 Å². The van der Waals surface area contributed by atoms with Crippen molar-refractivity contribution in [3.05, 3.63) is 15.6 Å². The second-order valence-corrected chi connectivity index (χ2v) is 5.92. The standard InChI is InChI=1S/C13H16ClN3O2S/c1-5-15-13-16-10(14)8-7(4)9(20-11(8)17-13)12(18)19-6(2)3/h6H,5H2,1-4H3,(H,15,16,17). The molecular formula is C13H16ClN3O2S. The zero-order valence-electron chi connectivity index (χ0n) is 11.8. The zero-order valence-corrected chi connectivity index (χ0v) is 13.4. The highest BCUT2D eigenvalue weighted by Crippen LogP contribution is 2.34. The summed E-state index contributed by atoms with van der Waals surface area (Å²) in [6.07, 6.45) is -0.161. The van der Waals surface area contributed by atoms with Gasteiger partial charge in [0.25, 0.3) is 0 Å². The molecule has 2 rings (SSSR count). The topological polar surface area (TPSA) is 64.1 Å². The second kappa shape index (κ2) is 5.93. The number of carbonyl (C=O) groups is 1. The van der Waals surface area contributed by atoms with Crippen LogP contribution in [0.3, 0.4) is 0 Å². The maximum atomic E-state index is 12.0. The number of ether oxygens (including phenoxy) is 1. The summed E-state index contributed by atoms with van der Waals surface area (Å²) in [5, 5.41) is 4.08. The first-order valence-corrected chi connectivity index (χ1v) is 7.55. The number of hydrogen-bond acceptors (Lipinski definition) is 6. The Bertz CT molecular complexity index is 655. The second-order valence-electron chi connectivity index (χ2n) is 4.56. The normalized spacial score (nSPS) is 11.1. The molecule has 7 heteroatoms. The van der Waals surface area contributed by atoms with Crippen molar-refractivity contribution in [3.8, 4) is 0 Å². The van der Waals surface area contributed by atoms with Crippen LogP contribution in [0.4, 0.5) is 5.95 Å². The number of aromatic nitrogens is 2. The fraction of sp³-hybridized carbons (Fsp3) is 0.462. The van der Waals surface area contributed by atoms with Crippen molar-refractivity contribution < 1.29 is 9.53 Å². The number of thiophene rings is 1. The van der Waals surface area contributed by atoms with Crippen molar-refractivity contribution in [1.29, 1.82) is 0 Å². The van der Waals surface area contributed by atoms with Gasteiger partial charge in [-0.05, 0) is 33.3 Å². The van der Waals surface area contributed by atoms with Crippen molar-refractivity contribution in [2.24, 2.45) is 0 Å². The molecule has 108 valence electrons. The Hall–Kier alpha value is -1.40. The number of carbonyl (C=O) groups excluding carboxylic acids is 1. The molecule has 0 aromatic carbocycles. The summed E-state index contributed by atoms with van der Waals surface area (Å²) in [6, 6.07) is 0. The van der Waals surface area contributed by atoms with Gasteiger partial charge in [-0.2, -0.15) is 0 Å². The SMILES string of the molecule is CCNc1nc(Cl)c2c(C)c(C(=O)OC(C)C)sc2n1. The lowest BCUT2D eigenvalue weighted by atomic mass is 10.2. The van der Waals surface area contributed by atoms with Crippen LogP contribution in [0.25, 0.3) is 10.2 Å². The van der Waals surface area contributed by atoms with E-state index in [2.05, 4.69) is 15.3 Å². The number of anilines is 1. The number of nitrogens with zero attached hydrogens (tertiary/aromatic N) is 2. The molecular weight excluding hydrogens is 298 g/mol. The van der Waals surface area contributed by atoms with Crippen LogP contribution in [0.15, 0.2) is 0 Å². The maximum absolute atomic E-state index is 12.0. The molecule has 1 N–H and O–H groups in total. The van der Waals surface area contributed by atoms with Crippen LogP contribution in [0, 0.1) is 6.92 Å². The molecule has 0 radical (unpaired) electrons. The number of halogens is 1. The highest BCUT2D eigenvalue weighted by Gasteiger charge is 2.21. The Morgan fingerprint density at radius 3 is 2.75 bits per heavy atom. The van der Waals surface area contributed by atoms with Crippen LogP contribution >= 0.6 is 22.9 Å². The molecule has 0 unspecified atom stereocenters. The minimum Gasteiger partial charge on any atom is -0.459 e. The van der Waals surface area contributed by atoms with E-state index in [1.807, 2.05) is 27.7 Å². The summed E-state index contributed by atoms with van der Waals surface area (Å²) in [6.45, 7) is 8.12. The van der Waals surface area contributed by atoms with Crippen molar-refractivity contribution >= 4 is 45.1 Å². The molecule has 2 aromatic heterocycles. The lowest BCUT2D eigenvalue weighted by Gasteiger charge is -2.06. The third-order valence-electron chi connectivity index (χ3n) is 2.61. The van der Waals surface area contributed by atoms with Crippen molar-refractivity contribution in [2.45, 2.75) is 33.8 Å². The molecule has 5 nitrogen and oxygen atoms in total. The smallest absolute Gasteiger partial charge is 0.348 e. The number of esters is 1. The van der Waals surface area contributed by atoms with Gasteiger partial charge in [-0.1, -0.05) is 11.6 Å². The molecule has 0 aliphatic carbocycles. The van der Waals surface area contributed by atoms with Crippen LogP contribution in [-0.4, -0.2) is 28.6 Å². The zero-order chi connectivity index (χ0) is 14.9. The molecule has 0 saturated carbocycles. The number of nitrogens with one attached hydrogen (secondary N) is 1. The van der Waals surface area contributed by atoms with Gasteiger partial charge in [0.1, 0.15) is 14.9 Å². The first-order valence-electron chi connectivity index (χ1n) is 6.35. The van der Waals surface area contributed by atoms with Gasteiger partial charge >= 0.3 is 5.97 Å².